The molecule has 3 amide bonds. The molecule has 5 nitrogen and oxygen atoms in total. The van der Waals surface area contributed by atoms with E-state index in [1.54, 1.807) is 12.1 Å². The molecule has 2 aromatic carbocycles. The van der Waals surface area contributed by atoms with E-state index in [0.29, 0.717) is 5.69 Å². The van der Waals surface area contributed by atoms with Gasteiger partial charge in [-0.15, -0.1) is 0 Å². The lowest BCUT2D eigenvalue weighted by molar-refractivity contribution is -0.137. The zero-order valence-corrected chi connectivity index (χ0v) is 12.6. The number of halogens is 3. The zero-order chi connectivity index (χ0) is 17.7. The molecule has 0 unspecified atom stereocenters. The first-order chi connectivity index (χ1) is 11.3. The molecule has 0 aliphatic carbocycles. The van der Waals surface area contributed by atoms with Crippen LogP contribution in [0.15, 0.2) is 48.5 Å². The molecule has 0 saturated heterocycles. The van der Waals surface area contributed by atoms with E-state index in [2.05, 4.69) is 16.0 Å². The highest BCUT2D eigenvalue weighted by atomic mass is 19.4. The molecule has 2 aromatic rings. The maximum absolute atomic E-state index is 13.0. The van der Waals surface area contributed by atoms with Gasteiger partial charge in [0.2, 0.25) is 0 Å². The summed E-state index contributed by atoms with van der Waals surface area (Å²) in [4.78, 5) is 23.4. The smallest absolute Gasteiger partial charge is 0.341 e. The number of hydrogen-bond acceptors (Lipinski definition) is 2. The number of urea groups is 1. The summed E-state index contributed by atoms with van der Waals surface area (Å²) in [5, 5.41) is 7.25. The van der Waals surface area contributed by atoms with Crippen LogP contribution in [0.25, 0.3) is 0 Å². The third-order valence-corrected chi connectivity index (χ3v) is 3.08. The maximum Gasteiger partial charge on any atom is 0.417 e. The number of hydrogen-bond donors (Lipinski definition) is 3. The van der Waals surface area contributed by atoms with E-state index < -0.39 is 29.2 Å². The minimum atomic E-state index is -4.63. The van der Waals surface area contributed by atoms with Gasteiger partial charge in [0.15, 0.2) is 0 Å². The molecule has 3 N–H and O–H groups in total. The summed E-state index contributed by atoms with van der Waals surface area (Å²) in [5.74, 6) is -0.889. The molecule has 0 fully saturated rings. The van der Waals surface area contributed by atoms with Gasteiger partial charge in [-0.1, -0.05) is 18.2 Å². The average Bonchev–Trinajstić information content (AvgIpc) is 2.54. The van der Waals surface area contributed by atoms with Crippen molar-refractivity contribution in [3.8, 4) is 0 Å². The Hall–Kier alpha value is -3.03. The van der Waals surface area contributed by atoms with E-state index in [4.69, 9.17) is 0 Å². The molecule has 0 heterocycles. The summed E-state index contributed by atoms with van der Waals surface area (Å²) in [5.41, 5.74) is -0.848. The summed E-state index contributed by atoms with van der Waals surface area (Å²) >= 11 is 0. The Morgan fingerprint density at radius 2 is 1.54 bits per heavy atom. The number of alkyl halides is 3. The molecule has 8 heteroatoms. The van der Waals surface area contributed by atoms with Crippen LogP contribution in [0.3, 0.4) is 0 Å². The van der Waals surface area contributed by atoms with Gasteiger partial charge in [-0.3, -0.25) is 4.79 Å². The first-order valence-corrected chi connectivity index (χ1v) is 6.87. The van der Waals surface area contributed by atoms with Gasteiger partial charge >= 0.3 is 12.2 Å². The van der Waals surface area contributed by atoms with Gasteiger partial charge in [-0.2, -0.15) is 13.2 Å². The molecule has 0 atom stereocenters. The Labute approximate surface area is 135 Å². The van der Waals surface area contributed by atoms with Crippen LogP contribution in [-0.2, 0) is 6.18 Å². The van der Waals surface area contributed by atoms with E-state index in [9.17, 15) is 22.8 Å². The molecule has 0 saturated carbocycles. The Morgan fingerprint density at radius 1 is 0.917 bits per heavy atom. The van der Waals surface area contributed by atoms with Gasteiger partial charge in [0.1, 0.15) is 0 Å². The molecule has 0 radical (unpaired) electrons. The molecule has 2 rings (SSSR count). The van der Waals surface area contributed by atoms with Crippen molar-refractivity contribution in [2.75, 3.05) is 17.7 Å². The lowest BCUT2D eigenvalue weighted by Crippen LogP contribution is -2.24. The minimum absolute atomic E-state index is 0.255. The van der Waals surface area contributed by atoms with Crippen molar-refractivity contribution in [1.82, 2.24) is 5.32 Å². The van der Waals surface area contributed by atoms with Crippen LogP contribution < -0.4 is 16.0 Å². The van der Waals surface area contributed by atoms with Gasteiger partial charge in [0.25, 0.3) is 5.91 Å². The average molecular weight is 337 g/mol. The first-order valence-electron chi connectivity index (χ1n) is 6.87. The van der Waals surface area contributed by atoms with Gasteiger partial charge < -0.3 is 16.0 Å². The van der Waals surface area contributed by atoms with Crippen LogP contribution in [-0.4, -0.2) is 19.0 Å². The lowest BCUT2D eigenvalue weighted by atomic mass is 10.1. The normalized spacial score (nSPS) is 10.8. The van der Waals surface area contributed by atoms with Crippen molar-refractivity contribution in [2.45, 2.75) is 6.18 Å². The highest BCUT2D eigenvalue weighted by Crippen LogP contribution is 2.32. The molecular weight excluding hydrogens is 323 g/mol. The van der Waals surface area contributed by atoms with Crippen molar-refractivity contribution in [3.63, 3.8) is 0 Å². The minimum Gasteiger partial charge on any atom is -0.341 e. The van der Waals surface area contributed by atoms with Crippen molar-refractivity contribution in [3.05, 3.63) is 59.7 Å². The number of rotatable bonds is 3. The number of nitrogens with one attached hydrogen (secondary N) is 3. The third-order valence-electron chi connectivity index (χ3n) is 3.08. The Balaban J connectivity index is 2.22. The van der Waals surface area contributed by atoms with Gasteiger partial charge in [-0.05, 0) is 30.3 Å². The number of carbonyl (C=O) groups is 2. The van der Waals surface area contributed by atoms with E-state index in [-0.39, 0.29) is 5.69 Å². The second kappa shape index (κ2) is 7.03. The Bertz CT molecular complexity index is 760. The highest BCUT2D eigenvalue weighted by Gasteiger charge is 2.34. The van der Waals surface area contributed by atoms with Gasteiger partial charge in [0, 0.05) is 18.4 Å². The van der Waals surface area contributed by atoms with Crippen LogP contribution >= 0.6 is 0 Å². The Kier molecular flexibility index (Phi) is 5.08. The first kappa shape index (κ1) is 17.3. The number of carbonyl (C=O) groups excluding carboxylic acids is 2. The largest absolute Gasteiger partial charge is 0.417 e. The molecule has 0 bridgehead atoms. The molecule has 0 aromatic heterocycles. The predicted octanol–water partition coefficient (Wildman–Crippen LogP) is 3.71. The fourth-order valence-corrected chi connectivity index (χ4v) is 2.00. The van der Waals surface area contributed by atoms with E-state index in [0.717, 1.165) is 12.1 Å². The summed E-state index contributed by atoms with van der Waals surface area (Å²) in [6.07, 6.45) is -4.63. The molecule has 126 valence electrons. The van der Waals surface area contributed by atoms with Crippen molar-refractivity contribution in [1.29, 1.82) is 0 Å². The lowest BCUT2D eigenvalue weighted by Gasteiger charge is -2.13. The van der Waals surface area contributed by atoms with Crippen LogP contribution in [0.4, 0.5) is 29.3 Å². The van der Waals surface area contributed by atoms with Gasteiger partial charge in [0.05, 0.1) is 11.1 Å². The molecule has 0 spiro atoms. The third kappa shape index (κ3) is 4.25. The summed E-state index contributed by atoms with van der Waals surface area (Å²) < 4.78 is 38.9. The van der Waals surface area contributed by atoms with Crippen molar-refractivity contribution in [2.24, 2.45) is 0 Å². The van der Waals surface area contributed by atoms with Crippen LogP contribution in [0, 0.1) is 0 Å². The Morgan fingerprint density at radius 3 is 2.17 bits per heavy atom. The quantitative estimate of drug-likeness (QED) is 0.799. The molecular formula is C16H14F3N3O2. The topological polar surface area (TPSA) is 70.2 Å². The molecule has 0 aliphatic rings. The van der Waals surface area contributed by atoms with Crippen LogP contribution in [0.1, 0.15) is 15.9 Å². The van der Waals surface area contributed by atoms with E-state index in [1.165, 1.54) is 31.3 Å². The number of amides is 3. The van der Waals surface area contributed by atoms with Gasteiger partial charge in [-0.25, -0.2) is 4.79 Å². The molecule has 0 aliphatic heterocycles. The number of anilines is 2. The standard InChI is InChI=1S/C16H14F3N3O2/c1-20-15(24)22-11-6-4-5-10(9-11)21-14(23)12-7-2-3-8-13(12)16(17,18)19/h2-9H,1H3,(H,21,23)(H2,20,22,24). The second-order valence-corrected chi connectivity index (χ2v) is 4.78. The monoisotopic (exact) mass is 337 g/mol. The fourth-order valence-electron chi connectivity index (χ4n) is 2.00. The SMILES string of the molecule is CNC(=O)Nc1cccc(NC(=O)c2ccccc2C(F)(F)F)c1. The zero-order valence-electron chi connectivity index (χ0n) is 12.6. The predicted molar refractivity (Wildman–Crippen MR) is 83.9 cm³/mol. The van der Waals surface area contributed by atoms with Crippen molar-refractivity contribution < 1.29 is 22.8 Å². The van der Waals surface area contributed by atoms with Crippen molar-refractivity contribution >= 4 is 23.3 Å². The fraction of sp³-hybridized carbons (Fsp3) is 0.125. The number of benzene rings is 2. The molecule has 24 heavy (non-hydrogen) atoms. The second-order valence-electron chi connectivity index (χ2n) is 4.78. The maximum atomic E-state index is 13.0. The van der Waals surface area contributed by atoms with Crippen LogP contribution in [0.5, 0.6) is 0 Å². The summed E-state index contributed by atoms with van der Waals surface area (Å²) in [7, 11) is 1.44. The van der Waals surface area contributed by atoms with Crippen LogP contribution in [0.2, 0.25) is 0 Å². The highest BCUT2D eigenvalue weighted by molar-refractivity contribution is 6.05. The van der Waals surface area contributed by atoms with E-state index in [1.807, 2.05) is 0 Å². The summed E-state index contributed by atoms with van der Waals surface area (Å²) in [6, 6.07) is 10.1. The summed E-state index contributed by atoms with van der Waals surface area (Å²) in [6.45, 7) is 0. The van der Waals surface area contributed by atoms with E-state index >= 15 is 0 Å².